The van der Waals surface area contributed by atoms with Crippen LogP contribution < -0.4 is 0 Å². The molecular weight excluding hydrogens is 280 g/mol. The molecule has 0 aliphatic carbocycles. The molecule has 0 aromatic rings. The van der Waals surface area contributed by atoms with Crippen molar-refractivity contribution < 1.29 is 5.11 Å². The maximum absolute atomic E-state index is 8.64. The first-order chi connectivity index (χ1) is 11.3. The lowest BCUT2D eigenvalue weighted by Gasteiger charge is -2.02. The van der Waals surface area contributed by atoms with Crippen molar-refractivity contribution >= 4 is 0 Å². The van der Waals surface area contributed by atoms with Gasteiger partial charge in [-0.1, -0.05) is 130 Å². The van der Waals surface area contributed by atoms with Crippen molar-refractivity contribution in [2.24, 2.45) is 0 Å². The minimum Gasteiger partial charge on any atom is -0.396 e. The Bertz CT molecular complexity index is 149. The van der Waals surface area contributed by atoms with Crippen LogP contribution in [0.25, 0.3) is 0 Å². The Labute approximate surface area is 148 Å². The molecule has 1 nitrogen and oxygen atoms in total. The lowest BCUT2D eigenvalue weighted by Crippen LogP contribution is -1.84. The van der Waals surface area contributed by atoms with Crippen LogP contribution in [0.3, 0.4) is 0 Å². The highest BCUT2D eigenvalue weighted by Gasteiger charge is 1.93. The van der Waals surface area contributed by atoms with Crippen LogP contribution in [0.5, 0.6) is 0 Å². The Morgan fingerprint density at radius 1 is 0.348 bits per heavy atom. The van der Waals surface area contributed by atoms with Crippen LogP contribution in [0.4, 0.5) is 0 Å². The molecular formula is C22H48O. The Hall–Kier alpha value is -0.0400. The first-order valence-corrected chi connectivity index (χ1v) is 10.9. The zero-order chi connectivity index (χ0) is 17.4. The van der Waals surface area contributed by atoms with Crippen LogP contribution >= 0.6 is 0 Å². The maximum atomic E-state index is 8.64. The van der Waals surface area contributed by atoms with Crippen LogP contribution in [0, 0.1) is 0 Å². The van der Waals surface area contributed by atoms with Gasteiger partial charge in [0.1, 0.15) is 0 Å². The van der Waals surface area contributed by atoms with Gasteiger partial charge in [-0.05, 0) is 6.42 Å². The molecule has 0 aromatic carbocycles. The van der Waals surface area contributed by atoms with E-state index in [1.807, 2.05) is 0 Å². The van der Waals surface area contributed by atoms with Crippen molar-refractivity contribution in [1.82, 2.24) is 0 Å². The molecule has 0 atom stereocenters. The zero-order valence-corrected chi connectivity index (χ0v) is 16.9. The largest absolute Gasteiger partial charge is 0.396 e. The van der Waals surface area contributed by atoms with Crippen LogP contribution in [0.2, 0.25) is 0 Å². The first-order valence-electron chi connectivity index (χ1n) is 10.9. The summed E-state index contributed by atoms with van der Waals surface area (Å²) in [6, 6.07) is 0. The standard InChI is InChI=1S/C16H34O.C6H14/c1-2-3-4-5-6-7-8-9-10-11-12-13-14-15-16-17;1-3-5-6-4-2/h17H,2-16H2,1H3;3-6H2,1-2H3. The van der Waals surface area contributed by atoms with Gasteiger partial charge in [-0.3, -0.25) is 0 Å². The highest BCUT2D eigenvalue weighted by atomic mass is 16.2. The van der Waals surface area contributed by atoms with Gasteiger partial charge < -0.3 is 5.11 Å². The zero-order valence-electron chi connectivity index (χ0n) is 16.9. The third-order valence-electron chi connectivity index (χ3n) is 4.47. The average molecular weight is 329 g/mol. The van der Waals surface area contributed by atoms with Crippen molar-refractivity contribution in [1.29, 1.82) is 0 Å². The summed E-state index contributed by atoms with van der Waals surface area (Å²) in [6.07, 6.45) is 24.7. The lowest BCUT2D eigenvalue weighted by molar-refractivity contribution is 0.282. The van der Waals surface area contributed by atoms with E-state index < -0.39 is 0 Å². The summed E-state index contributed by atoms with van der Waals surface area (Å²) in [5.74, 6) is 0. The fourth-order valence-electron chi connectivity index (χ4n) is 2.81. The van der Waals surface area contributed by atoms with E-state index in [4.69, 9.17) is 5.11 Å². The van der Waals surface area contributed by atoms with E-state index in [2.05, 4.69) is 20.8 Å². The molecule has 0 unspecified atom stereocenters. The Morgan fingerprint density at radius 3 is 0.826 bits per heavy atom. The second kappa shape index (κ2) is 26.8. The molecule has 0 aliphatic heterocycles. The quantitative estimate of drug-likeness (QED) is 0.268. The number of hydrogen-bond acceptors (Lipinski definition) is 1. The summed E-state index contributed by atoms with van der Waals surface area (Å²) in [6.45, 7) is 7.11. The highest BCUT2D eigenvalue weighted by molar-refractivity contribution is 4.48. The molecule has 1 N–H and O–H groups in total. The monoisotopic (exact) mass is 328 g/mol. The van der Waals surface area contributed by atoms with Crippen LogP contribution in [0.15, 0.2) is 0 Å². The molecule has 0 spiro atoms. The summed E-state index contributed by atoms with van der Waals surface area (Å²) >= 11 is 0. The molecule has 0 saturated heterocycles. The summed E-state index contributed by atoms with van der Waals surface area (Å²) in [5, 5.41) is 8.64. The predicted molar refractivity (Wildman–Crippen MR) is 107 cm³/mol. The van der Waals surface area contributed by atoms with Gasteiger partial charge >= 0.3 is 0 Å². The first kappa shape index (κ1) is 25.2. The van der Waals surface area contributed by atoms with E-state index in [1.54, 1.807) is 0 Å². The molecule has 0 radical (unpaired) electrons. The van der Waals surface area contributed by atoms with Gasteiger partial charge in [0.05, 0.1) is 0 Å². The molecule has 1 heteroatoms. The van der Waals surface area contributed by atoms with Crippen molar-refractivity contribution in [3.05, 3.63) is 0 Å². The van der Waals surface area contributed by atoms with E-state index in [-0.39, 0.29) is 0 Å². The van der Waals surface area contributed by atoms with Crippen molar-refractivity contribution in [2.75, 3.05) is 6.61 Å². The Kier molecular flexibility index (Phi) is 29.4. The summed E-state index contributed by atoms with van der Waals surface area (Å²) < 4.78 is 0. The summed E-state index contributed by atoms with van der Waals surface area (Å²) in [5.41, 5.74) is 0. The van der Waals surface area contributed by atoms with Crippen LogP contribution in [-0.4, -0.2) is 11.7 Å². The second-order valence-electron chi connectivity index (χ2n) is 7.03. The predicted octanol–water partition coefficient (Wildman–Crippen LogP) is 8.05. The van der Waals surface area contributed by atoms with E-state index in [0.717, 1.165) is 6.42 Å². The van der Waals surface area contributed by atoms with Crippen LogP contribution in [-0.2, 0) is 0 Å². The Morgan fingerprint density at radius 2 is 0.565 bits per heavy atom. The van der Waals surface area contributed by atoms with Gasteiger partial charge in [0, 0.05) is 6.61 Å². The van der Waals surface area contributed by atoms with E-state index in [9.17, 15) is 0 Å². The minimum atomic E-state index is 0.373. The molecule has 0 saturated carbocycles. The maximum Gasteiger partial charge on any atom is 0.0431 e. The van der Waals surface area contributed by atoms with Crippen molar-refractivity contribution in [3.8, 4) is 0 Å². The fraction of sp³-hybridized carbons (Fsp3) is 1.00. The smallest absolute Gasteiger partial charge is 0.0431 e. The van der Waals surface area contributed by atoms with Crippen LogP contribution in [0.1, 0.15) is 136 Å². The molecule has 0 fully saturated rings. The average Bonchev–Trinajstić information content (AvgIpc) is 2.58. The normalized spacial score (nSPS) is 10.4. The van der Waals surface area contributed by atoms with Gasteiger partial charge in [-0.15, -0.1) is 0 Å². The second-order valence-corrected chi connectivity index (χ2v) is 7.03. The van der Waals surface area contributed by atoms with Gasteiger partial charge in [0.25, 0.3) is 0 Å². The summed E-state index contributed by atoms with van der Waals surface area (Å²) in [7, 11) is 0. The number of rotatable bonds is 17. The van der Waals surface area contributed by atoms with Gasteiger partial charge in [0.2, 0.25) is 0 Å². The number of hydrogen-bond donors (Lipinski definition) is 1. The van der Waals surface area contributed by atoms with Gasteiger partial charge in [-0.25, -0.2) is 0 Å². The molecule has 0 rings (SSSR count). The third-order valence-corrected chi connectivity index (χ3v) is 4.47. The molecule has 23 heavy (non-hydrogen) atoms. The molecule has 0 aliphatic rings. The number of aliphatic hydroxyl groups excluding tert-OH is 1. The lowest BCUT2D eigenvalue weighted by atomic mass is 10.0. The topological polar surface area (TPSA) is 20.2 Å². The summed E-state index contributed by atoms with van der Waals surface area (Å²) in [4.78, 5) is 0. The minimum absolute atomic E-state index is 0.373. The molecule has 0 heterocycles. The third kappa shape index (κ3) is 30.4. The Balaban J connectivity index is 0. The van der Waals surface area contributed by atoms with Gasteiger partial charge in [0.15, 0.2) is 0 Å². The number of aliphatic hydroxyl groups is 1. The van der Waals surface area contributed by atoms with Gasteiger partial charge in [-0.2, -0.15) is 0 Å². The SMILES string of the molecule is CCCCCC.CCCCCCCCCCCCCCCCO. The highest BCUT2D eigenvalue weighted by Crippen LogP contribution is 2.12. The number of unbranched alkanes of at least 4 members (excludes halogenated alkanes) is 16. The van der Waals surface area contributed by atoms with E-state index >= 15 is 0 Å². The van der Waals surface area contributed by atoms with Crippen molar-refractivity contribution in [2.45, 2.75) is 136 Å². The fourth-order valence-corrected chi connectivity index (χ4v) is 2.81. The molecule has 0 bridgehead atoms. The van der Waals surface area contributed by atoms with Crippen molar-refractivity contribution in [3.63, 3.8) is 0 Å². The van der Waals surface area contributed by atoms with E-state index in [1.165, 1.54) is 109 Å². The van der Waals surface area contributed by atoms with E-state index in [0.29, 0.717) is 6.61 Å². The molecule has 142 valence electrons. The molecule has 0 amide bonds. The molecule has 0 aromatic heterocycles.